The van der Waals surface area contributed by atoms with E-state index in [-0.39, 0.29) is 11.7 Å². The maximum Gasteiger partial charge on any atom is 0.241 e. The Morgan fingerprint density at radius 1 is 1.57 bits per heavy atom. The molecule has 0 aliphatic rings. The summed E-state index contributed by atoms with van der Waals surface area (Å²) in [7, 11) is 0. The van der Waals surface area contributed by atoms with Gasteiger partial charge in [0.15, 0.2) is 0 Å². The van der Waals surface area contributed by atoms with E-state index in [0.29, 0.717) is 11.3 Å². The number of nitrogens with two attached hydrogens (primary N) is 1. The average molecular weight is 196 g/mol. The highest BCUT2D eigenvalue weighted by Gasteiger charge is 2.08. The van der Waals surface area contributed by atoms with Crippen molar-refractivity contribution in [3.05, 3.63) is 29.6 Å². The van der Waals surface area contributed by atoms with Crippen LogP contribution in [0.5, 0.6) is 0 Å². The summed E-state index contributed by atoms with van der Waals surface area (Å²) in [6, 6.07) is 3.92. The molecule has 0 saturated heterocycles. The van der Waals surface area contributed by atoms with Crippen LogP contribution in [-0.4, -0.2) is 11.9 Å². The van der Waals surface area contributed by atoms with Crippen LogP contribution in [0.2, 0.25) is 0 Å². The monoisotopic (exact) mass is 196 g/mol. The van der Waals surface area contributed by atoms with E-state index in [1.807, 2.05) is 0 Å². The smallest absolute Gasteiger partial charge is 0.241 e. The molecular formula is C10H13FN2O. The number of rotatable bonds is 2. The Bertz CT molecular complexity index is 350. The van der Waals surface area contributed by atoms with Crippen LogP contribution < -0.4 is 11.1 Å². The summed E-state index contributed by atoms with van der Waals surface area (Å²) in [5.74, 6) is -0.666. The van der Waals surface area contributed by atoms with E-state index in [0.717, 1.165) is 0 Å². The molecule has 0 fully saturated rings. The minimum atomic E-state index is -0.598. The Morgan fingerprint density at radius 2 is 2.21 bits per heavy atom. The number of nitrogens with one attached hydrogen (secondary N) is 1. The number of hydrogen-bond acceptors (Lipinski definition) is 2. The number of amides is 1. The topological polar surface area (TPSA) is 55.1 Å². The summed E-state index contributed by atoms with van der Waals surface area (Å²) in [5, 5.41) is 2.51. The van der Waals surface area contributed by atoms with Gasteiger partial charge in [0.1, 0.15) is 5.82 Å². The van der Waals surface area contributed by atoms with Gasteiger partial charge in [0.25, 0.3) is 0 Å². The first kappa shape index (κ1) is 10.7. The quantitative estimate of drug-likeness (QED) is 0.751. The summed E-state index contributed by atoms with van der Waals surface area (Å²) in [6.07, 6.45) is 0. The average Bonchev–Trinajstić information content (AvgIpc) is 2.11. The van der Waals surface area contributed by atoms with Crippen LogP contribution in [0.1, 0.15) is 12.5 Å². The zero-order valence-corrected chi connectivity index (χ0v) is 8.17. The number of anilines is 1. The minimum absolute atomic E-state index is 0.326. The molecule has 14 heavy (non-hydrogen) atoms. The molecule has 0 unspecified atom stereocenters. The largest absolute Gasteiger partial charge is 0.325 e. The molecule has 0 radical (unpaired) electrons. The molecule has 0 aromatic heterocycles. The van der Waals surface area contributed by atoms with Gasteiger partial charge in [-0.15, -0.1) is 0 Å². The number of halogens is 1. The van der Waals surface area contributed by atoms with Crippen molar-refractivity contribution < 1.29 is 9.18 Å². The summed E-state index contributed by atoms with van der Waals surface area (Å²) in [6.45, 7) is 3.23. The predicted octanol–water partition coefficient (Wildman–Crippen LogP) is 1.42. The lowest BCUT2D eigenvalue weighted by atomic mass is 10.2. The molecule has 76 valence electrons. The van der Waals surface area contributed by atoms with Crippen LogP contribution in [0, 0.1) is 12.7 Å². The summed E-state index contributed by atoms with van der Waals surface area (Å²) in [4.78, 5) is 11.1. The standard InChI is InChI=1S/C10H13FN2O/c1-6-3-4-8(5-9(6)11)13-10(14)7(2)12/h3-5,7H,12H2,1-2H3,(H,13,14)/t7-/m1/s1. The second-order valence-electron chi connectivity index (χ2n) is 3.24. The van der Waals surface area contributed by atoms with Gasteiger partial charge in [-0.3, -0.25) is 4.79 Å². The van der Waals surface area contributed by atoms with Gasteiger partial charge in [-0.05, 0) is 31.5 Å². The summed E-state index contributed by atoms with van der Waals surface area (Å²) < 4.78 is 13.0. The van der Waals surface area contributed by atoms with E-state index in [2.05, 4.69) is 5.32 Å². The Kier molecular flexibility index (Phi) is 3.19. The lowest BCUT2D eigenvalue weighted by molar-refractivity contribution is -0.117. The fraction of sp³-hybridized carbons (Fsp3) is 0.300. The van der Waals surface area contributed by atoms with E-state index in [1.54, 1.807) is 26.0 Å². The number of carbonyl (C=O) groups excluding carboxylic acids is 1. The fourth-order valence-corrected chi connectivity index (χ4v) is 0.927. The number of hydrogen-bond donors (Lipinski definition) is 2. The van der Waals surface area contributed by atoms with Crippen molar-refractivity contribution in [1.29, 1.82) is 0 Å². The van der Waals surface area contributed by atoms with E-state index < -0.39 is 6.04 Å². The van der Waals surface area contributed by atoms with Crippen molar-refractivity contribution in [3.8, 4) is 0 Å². The summed E-state index contributed by atoms with van der Waals surface area (Å²) in [5.41, 5.74) is 6.32. The molecule has 1 atom stereocenters. The Morgan fingerprint density at radius 3 is 2.71 bits per heavy atom. The Balaban J connectivity index is 2.78. The van der Waals surface area contributed by atoms with E-state index in [9.17, 15) is 9.18 Å². The molecule has 3 nitrogen and oxygen atoms in total. The van der Waals surface area contributed by atoms with Crippen molar-refractivity contribution in [2.45, 2.75) is 19.9 Å². The molecule has 4 heteroatoms. The number of carbonyl (C=O) groups is 1. The number of benzene rings is 1. The van der Waals surface area contributed by atoms with Crippen LogP contribution in [0.25, 0.3) is 0 Å². The van der Waals surface area contributed by atoms with Gasteiger partial charge < -0.3 is 11.1 Å². The first-order chi connectivity index (χ1) is 6.50. The van der Waals surface area contributed by atoms with Crippen molar-refractivity contribution in [2.24, 2.45) is 5.73 Å². The molecule has 0 heterocycles. The van der Waals surface area contributed by atoms with E-state index in [1.165, 1.54) is 6.07 Å². The van der Waals surface area contributed by atoms with E-state index in [4.69, 9.17) is 5.73 Å². The molecule has 0 aliphatic heterocycles. The van der Waals surface area contributed by atoms with Crippen LogP contribution in [0.3, 0.4) is 0 Å². The van der Waals surface area contributed by atoms with Gasteiger partial charge in [-0.2, -0.15) is 0 Å². The van der Waals surface area contributed by atoms with Crippen LogP contribution in [0.15, 0.2) is 18.2 Å². The van der Waals surface area contributed by atoms with E-state index >= 15 is 0 Å². The second kappa shape index (κ2) is 4.19. The zero-order valence-electron chi connectivity index (χ0n) is 8.17. The molecule has 0 aliphatic carbocycles. The van der Waals surface area contributed by atoms with Gasteiger partial charge >= 0.3 is 0 Å². The highest BCUT2D eigenvalue weighted by Crippen LogP contribution is 2.13. The third kappa shape index (κ3) is 2.53. The van der Waals surface area contributed by atoms with Gasteiger partial charge in [0.05, 0.1) is 6.04 Å². The first-order valence-electron chi connectivity index (χ1n) is 4.33. The molecule has 3 N–H and O–H groups in total. The third-order valence-electron chi connectivity index (χ3n) is 1.85. The molecule has 1 aromatic rings. The number of aryl methyl sites for hydroxylation is 1. The van der Waals surface area contributed by atoms with Crippen molar-refractivity contribution in [3.63, 3.8) is 0 Å². The molecular weight excluding hydrogens is 183 g/mol. The van der Waals surface area contributed by atoms with Crippen molar-refractivity contribution in [1.82, 2.24) is 0 Å². The Labute approximate surface area is 82.1 Å². The highest BCUT2D eigenvalue weighted by molar-refractivity contribution is 5.94. The minimum Gasteiger partial charge on any atom is -0.325 e. The van der Waals surface area contributed by atoms with Crippen molar-refractivity contribution >= 4 is 11.6 Å². The molecule has 0 bridgehead atoms. The van der Waals surface area contributed by atoms with Crippen LogP contribution in [-0.2, 0) is 4.79 Å². The molecule has 1 rings (SSSR count). The lowest BCUT2D eigenvalue weighted by Crippen LogP contribution is -2.32. The Hall–Kier alpha value is -1.42. The fourth-order valence-electron chi connectivity index (χ4n) is 0.927. The maximum atomic E-state index is 13.0. The second-order valence-corrected chi connectivity index (χ2v) is 3.24. The van der Waals surface area contributed by atoms with Crippen LogP contribution >= 0.6 is 0 Å². The van der Waals surface area contributed by atoms with Gasteiger partial charge in [0, 0.05) is 5.69 Å². The van der Waals surface area contributed by atoms with Gasteiger partial charge in [-0.1, -0.05) is 6.07 Å². The zero-order chi connectivity index (χ0) is 10.7. The molecule has 0 spiro atoms. The van der Waals surface area contributed by atoms with Crippen molar-refractivity contribution in [2.75, 3.05) is 5.32 Å². The predicted molar refractivity (Wildman–Crippen MR) is 53.4 cm³/mol. The SMILES string of the molecule is Cc1ccc(NC(=O)[C@@H](C)N)cc1F. The van der Waals surface area contributed by atoms with Gasteiger partial charge in [0.2, 0.25) is 5.91 Å². The maximum absolute atomic E-state index is 13.0. The van der Waals surface area contributed by atoms with Crippen LogP contribution in [0.4, 0.5) is 10.1 Å². The lowest BCUT2D eigenvalue weighted by Gasteiger charge is -2.08. The van der Waals surface area contributed by atoms with Gasteiger partial charge in [-0.25, -0.2) is 4.39 Å². The first-order valence-corrected chi connectivity index (χ1v) is 4.33. The molecule has 0 saturated carbocycles. The normalized spacial score (nSPS) is 12.3. The molecule has 1 amide bonds. The third-order valence-corrected chi connectivity index (χ3v) is 1.85. The molecule has 1 aromatic carbocycles. The summed E-state index contributed by atoms with van der Waals surface area (Å²) >= 11 is 0. The highest BCUT2D eigenvalue weighted by atomic mass is 19.1.